The van der Waals surface area contributed by atoms with Gasteiger partial charge in [-0.15, -0.1) is 0 Å². The molecule has 0 spiro atoms. The fourth-order valence-corrected chi connectivity index (χ4v) is 4.81. The molecule has 1 aromatic heterocycles. The second kappa shape index (κ2) is 10.9. The van der Waals surface area contributed by atoms with Gasteiger partial charge in [0.15, 0.2) is 10.0 Å². The van der Waals surface area contributed by atoms with E-state index in [1.165, 1.54) is 0 Å². The minimum atomic E-state index is -5.85. The average Bonchev–Trinajstić information content (AvgIpc) is 3.26. The summed E-state index contributed by atoms with van der Waals surface area (Å²) < 4.78 is 68.6. The third-order valence-electron chi connectivity index (χ3n) is 6.07. The number of nitrogens with zero attached hydrogens (tertiary/aromatic N) is 2. The molecule has 2 aromatic carbocycles. The Morgan fingerprint density at radius 3 is 2.31 bits per heavy atom. The molecule has 0 saturated heterocycles. The van der Waals surface area contributed by atoms with Crippen LogP contribution in [0.3, 0.4) is 0 Å². The van der Waals surface area contributed by atoms with Crippen molar-refractivity contribution in [3.8, 4) is 5.75 Å². The van der Waals surface area contributed by atoms with Crippen LogP contribution in [0.2, 0.25) is 0 Å². The van der Waals surface area contributed by atoms with Crippen LogP contribution in [-0.4, -0.2) is 24.8 Å². The number of pyridine rings is 1. The Morgan fingerprint density at radius 1 is 1.00 bits per heavy atom. The summed E-state index contributed by atoms with van der Waals surface area (Å²) in [6.07, 6.45) is 2.28. The second-order valence-electron chi connectivity index (χ2n) is 8.38. The zero-order chi connectivity index (χ0) is 24.4. The van der Waals surface area contributed by atoms with E-state index in [1.807, 2.05) is 36.4 Å². The number of aromatic nitrogens is 1. The number of hydrogen-bond donors (Lipinski definition) is 0. The Labute approximate surface area is 223 Å². The van der Waals surface area contributed by atoms with Gasteiger partial charge in [0.1, 0.15) is 12.4 Å². The minimum absolute atomic E-state index is 0. The minimum Gasteiger partial charge on any atom is -0.538 e. The monoisotopic (exact) mass is 514 g/mol. The Morgan fingerprint density at radius 2 is 1.66 bits per heavy atom. The molecule has 0 bridgehead atoms. The summed E-state index contributed by atoms with van der Waals surface area (Å²) in [5.41, 5.74) is -3.98. The summed E-state index contributed by atoms with van der Waals surface area (Å²) in [7, 11) is -5.85. The average molecular weight is 515 g/mol. The molecule has 1 fully saturated rings. The van der Waals surface area contributed by atoms with Crippen molar-refractivity contribution < 1.29 is 60.7 Å². The summed E-state index contributed by atoms with van der Waals surface area (Å²) in [5, 5.41) is 1.03. The van der Waals surface area contributed by atoms with Crippen LogP contribution in [0.1, 0.15) is 43.4 Å². The number of para-hydroxylation sites is 1. The molecule has 35 heavy (non-hydrogen) atoms. The molecule has 11 heteroatoms. The van der Waals surface area contributed by atoms with Crippen molar-refractivity contribution in [2.75, 3.05) is 0 Å². The van der Waals surface area contributed by atoms with Crippen molar-refractivity contribution in [1.29, 1.82) is 0 Å². The molecule has 3 aromatic rings. The molecule has 180 valence electrons. The van der Waals surface area contributed by atoms with E-state index in [0.29, 0.717) is 18.6 Å². The molecule has 4 rings (SSSR count). The van der Waals surface area contributed by atoms with E-state index in [1.54, 1.807) is 24.3 Å². The third-order valence-corrected chi connectivity index (χ3v) is 7.10. The number of fused-ring (bicyclic) bond motifs is 1. The molecule has 0 aliphatic heterocycles. The summed E-state index contributed by atoms with van der Waals surface area (Å²) >= 11 is 0. The van der Waals surface area contributed by atoms with Gasteiger partial charge in [-0.3, -0.25) is 0 Å². The van der Waals surface area contributed by atoms with Gasteiger partial charge in [-0.25, -0.2) is 13.4 Å². The quantitative estimate of drug-likeness (QED) is 0.453. The molecule has 1 heterocycles. The van der Waals surface area contributed by atoms with Crippen molar-refractivity contribution >= 4 is 26.8 Å². The molecule has 1 saturated carbocycles. The zero-order valence-electron chi connectivity index (χ0n) is 19.1. The van der Waals surface area contributed by atoms with Gasteiger partial charge in [-0.05, 0) is 49.1 Å². The molecule has 6 nitrogen and oxygen atoms in total. The molecule has 0 atom stereocenters. The van der Waals surface area contributed by atoms with Gasteiger partial charge >= 0.3 is 35.1 Å². The van der Waals surface area contributed by atoms with Crippen molar-refractivity contribution in [3.63, 3.8) is 0 Å². The largest absolute Gasteiger partial charge is 1.00 e. The second-order valence-corrected chi connectivity index (χ2v) is 9.97. The van der Waals surface area contributed by atoms with Crippen LogP contribution in [-0.2, 0) is 26.8 Å². The summed E-state index contributed by atoms with van der Waals surface area (Å²) in [4.78, 5) is 16.7. The van der Waals surface area contributed by atoms with Crippen LogP contribution in [0.4, 0.5) is 13.2 Å². The van der Waals surface area contributed by atoms with Crippen LogP contribution in [0, 0.1) is 0 Å². The number of amides is 1. The molecule has 1 aliphatic rings. The van der Waals surface area contributed by atoms with Crippen molar-refractivity contribution in [3.05, 3.63) is 76.6 Å². The predicted octanol–water partition coefficient (Wildman–Crippen LogP) is 2.77. The summed E-state index contributed by atoms with van der Waals surface area (Å²) in [5.74, 6) is -0.718. The van der Waals surface area contributed by atoms with Gasteiger partial charge < -0.3 is 14.3 Å². The topological polar surface area (TPSA) is 87.4 Å². The number of sulfonamides is 1. The van der Waals surface area contributed by atoms with Crippen LogP contribution in [0.5, 0.6) is 5.75 Å². The number of rotatable bonds is 7. The Kier molecular flexibility index (Phi) is 8.52. The standard InChI is InChI=1S/C24H23F3N2O4S.Na/c25-24(26,27)34(31,32)29-22(30)15-23(13-3-4-14-23)18-8-11-20(12-9-18)33-16-19-10-7-17-5-1-2-6-21(17)28-19;/h1-2,5-12H,3-4,13-16H2,(H,29,30);/q;+1/p-1. The number of hydrogen-bond acceptors (Lipinski definition) is 5. The van der Waals surface area contributed by atoms with Gasteiger partial charge in [0, 0.05) is 10.8 Å². The number of benzene rings is 2. The maximum atomic E-state index is 12.6. The number of carbonyl (C=O) groups is 1. The van der Waals surface area contributed by atoms with E-state index in [9.17, 15) is 26.4 Å². The van der Waals surface area contributed by atoms with Gasteiger partial charge in [-0.1, -0.05) is 49.2 Å². The number of ether oxygens (including phenoxy) is 1. The maximum Gasteiger partial charge on any atom is 1.00 e. The molecule has 0 radical (unpaired) electrons. The SMILES string of the molecule is O=C(CC1(c2ccc(OCc3ccc4ccccc4n3)cc2)CCCC1)[N-]S(=O)(=O)C(F)(F)F.[Na+]. The van der Waals surface area contributed by atoms with Crippen molar-refractivity contribution in [1.82, 2.24) is 4.98 Å². The Balaban J connectivity index is 0.00000342. The fraction of sp³-hybridized carbons (Fsp3) is 0.333. The normalized spacial score (nSPS) is 15.4. The fourth-order valence-electron chi connectivity index (χ4n) is 4.38. The van der Waals surface area contributed by atoms with E-state index in [4.69, 9.17) is 4.74 Å². The van der Waals surface area contributed by atoms with E-state index >= 15 is 0 Å². The van der Waals surface area contributed by atoms with Gasteiger partial charge in [-0.2, -0.15) is 13.2 Å². The number of carbonyl (C=O) groups excluding carboxylic acids is 1. The Bertz CT molecular complexity index is 1290. The first-order valence-electron chi connectivity index (χ1n) is 10.7. The van der Waals surface area contributed by atoms with E-state index < -0.39 is 33.3 Å². The maximum absolute atomic E-state index is 12.6. The van der Waals surface area contributed by atoms with Crippen molar-refractivity contribution in [2.45, 2.75) is 49.6 Å². The smallest absolute Gasteiger partial charge is 0.538 e. The van der Waals surface area contributed by atoms with Crippen molar-refractivity contribution in [2.24, 2.45) is 0 Å². The van der Waals surface area contributed by atoms with Gasteiger partial charge in [0.2, 0.25) is 0 Å². The van der Waals surface area contributed by atoms with Crippen LogP contribution in [0.25, 0.3) is 15.6 Å². The first kappa shape index (κ1) is 27.4. The third kappa shape index (κ3) is 6.35. The number of alkyl halides is 3. The predicted molar refractivity (Wildman–Crippen MR) is 121 cm³/mol. The van der Waals surface area contributed by atoms with Crippen LogP contribution >= 0.6 is 0 Å². The first-order valence-corrected chi connectivity index (χ1v) is 12.2. The van der Waals surface area contributed by atoms with E-state index in [-0.39, 0.29) is 36.2 Å². The summed E-state index contributed by atoms with van der Waals surface area (Å²) in [6, 6.07) is 18.6. The zero-order valence-corrected chi connectivity index (χ0v) is 21.9. The van der Waals surface area contributed by atoms with Gasteiger partial charge in [0.05, 0.1) is 17.1 Å². The molecule has 0 unspecified atom stereocenters. The van der Waals surface area contributed by atoms with E-state index in [0.717, 1.165) is 35.0 Å². The number of halogens is 3. The summed E-state index contributed by atoms with van der Waals surface area (Å²) in [6.45, 7) is 0.252. The van der Waals surface area contributed by atoms with Crippen LogP contribution in [0.15, 0.2) is 60.7 Å². The molecular weight excluding hydrogens is 492 g/mol. The van der Waals surface area contributed by atoms with Crippen LogP contribution < -0.4 is 34.3 Å². The van der Waals surface area contributed by atoms with E-state index in [2.05, 4.69) is 9.71 Å². The molecule has 1 amide bonds. The molecule has 1 aliphatic carbocycles. The molecular formula is C24H22F3N2NaO4S. The van der Waals surface area contributed by atoms with Gasteiger partial charge in [0.25, 0.3) is 0 Å². The molecule has 0 N–H and O–H groups in total. The first-order chi connectivity index (χ1) is 16.1. The Hall–Kier alpha value is -2.14.